The van der Waals surface area contributed by atoms with Crippen molar-refractivity contribution < 1.29 is 33.7 Å². The largest absolute Gasteiger partial charge is 0.510 e. The fourth-order valence-corrected chi connectivity index (χ4v) is 2.91. The highest BCUT2D eigenvalue weighted by atomic mass is 32.2. The number of hydrogen-bond donors (Lipinski definition) is 1. The summed E-state index contributed by atoms with van der Waals surface area (Å²) in [7, 11) is 0. The second kappa shape index (κ2) is 7.11. The highest BCUT2D eigenvalue weighted by Crippen LogP contribution is 2.35. The van der Waals surface area contributed by atoms with E-state index in [0.717, 1.165) is 11.8 Å². The van der Waals surface area contributed by atoms with E-state index in [1.165, 1.54) is 6.92 Å². The second-order valence-corrected chi connectivity index (χ2v) is 8.47. The lowest BCUT2D eigenvalue weighted by Gasteiger charge is -2.31. The van der Waals surface area contributed by atoms with Crippen molar-refractivity contribution in [2.75, 3.05) is 5.75 Å². The summed E-state index contributed by atoms with van der Waals surface area (Å²) in [6.07, 6.45) is -3.36. The molecule has 1 unspecified atom stereocenters. The van der Waals surface area contributed by atoms with E-state index in [1.807, 2.05) is 0 Å². The predicted molar refractivity (Wildman–Crippen MR) is 91.7 cm³/mol. The summed E-state index contributed by atoms with van der Waals surface area (Å²) >= 11 is 0.962. The third-order valence-electron chi connectivity index (χ3n) is 2.60. The first kappa shape index (κ1) is 21.1. The normalized spacial score (nSPS) is 22.7. The van der Waals surface area contributed by atoms with Gasteiger partial charge in [-0.15, -0.1) is 0 Å². The number of hydrogen-bond acceptors (Lipinski definition) is 7. The van der Waals surface area contributed by atoms with Crippen molar-refractivity contribution in [2.24, 2.45) is 4.99 Å². The number of rotatable bonds is 1. The Morgan fingerprint density at radius 2 is 1.64 bits per heavy atom. The standard InChI is InChI=1S/C15H24N2O7S/c1-13(2,3)22-10(18)16-9-17(11(19)20)15(7,8-25-9)24-12(21)23-14(4,5)6/h8H2,1-7H3,(H,19,20). The summed E-state index contributed by atoms with van der Waals surface area (Å²) in [5.74, 6) is 0.0557. The third kappa shape index (κ3) is 6.45. The van der Waals surface area contributed by atoms with Crippen molar-refractivity contribution in [2.45, 2.75) is 65.4 Å². The number of carboxylic acid groups (broad SMARTS) is 1. The number of nitrogens with zero attached hydrogens (tertiary/aromatic N) is 2. The molecule has 25 heavy (non-hydrogen) atoms. The van der Waals surface area contributed by atoms with E-state index in [4.69, 9.17) is 14.2 Å². The highest BCUT2D eigenvalue weighted by Gasteiger charge is 2.49. The van der Waals surface area contributed by atoms with Crippen LogP contribution >= 0.6 is 11.8 Å². The molecule has 1 aliphatic rings. The lowest BCUT2D eigenvalue weighted by molar-refractivity contribution is -0.0859. The first-order valence-electron chi connectivity index (χ1n) is 7.53. The van der Waals surface area contributed by atoms with Crippen LogP contribution in [0.2, 0.25) is 0 Å². The number of ether oxygens (including phenoxy) is 3. The van der Waals surface area contributed by atoms with Gasteiger partial charge in [0.05, 0.1) is 5.75 Å². The van der Waals surface area contributed by atoms with Crippen LogP contribution in [0.5, 0.6) is 0 Å². The molecule has 1 atom stereocenters. The molecular weight excluding hydrogens is 352 g/mol. The molecule has 0 aromatic rings. The molecule has 0 aromatic carbocycles. The molecule has 1 rings (SSSR count). The highest BCUT2D eigenvalue weighted by molar-refractivity contribution is 8.14. The van der Waals surface area contributed by atoms with Crippen molar-refractivity contribution in [1.82, 2.24) is 4.90 Å². The summed E-state index contributed by atoms with van der Waals surface area (Å²) in [5.41, 5.74) is -3.12. The van der Waals surface area contributed by atoms with Crippen LogP contribution in [0.4, 0.5) is 14.4 Å². The molecule has 1 saturated heterocycles. The molecule has 1 fully saturated rings. The molecule has 10 heteroatoms. The summed E-state index contributed by atoms with van der Waals surface area (Å²) in [6, 6.07) is 0. The van der Waals surface area contributed by atoms with Gasteiger partial charge in [0.25, 0.3) is 0 Å². The number of carbonyl (C=O) groups excluding carboxylic acids is 2. The Morgan fingerprint density at radius 1 is 1.12 bits per heavy atom. The maximum atomic E-state index is 11.9. The van der Waals surface area contributed by atoms with E-state index >= 15 is 0 Å². The third-order valence-corrected chi connectivity index (χ3v) is 3.81. The van der Waals surface area contributed by atoms with Gasteiger partial charge in [-0.05, 0) is 48.5 Å². The number of aliphatic imine (C=N–C) groups is 1. The van der Waals surface area contributed by atoms with Gasteiger partial charge in [0, 0.05) is 0 Å². The number of carbonyl (C=O) groups is 3. The first-order valence-corrected chi connectivity index (χ1v) is 8.51. The Morgan fingerprint density at radius 3 is 2.08 bits per heavy atom. The summed E-state index contributed by atoms with van der Waals surface area (Å²) in [5, 5.41) is 9.33. The van der Waals surface area contributed by atoms with Crippen molar-refractivity contribution in [3.05, 3.63) is 0 Å². The van der Waals surface area contributed by atoms with E-state index in [2.05, 4.69) is 4.99 Å². The van der Waals surface area contributed by atoms with E-state index in [9.17, 15) is 19.5 Å². The van der Waals surface area contributed by atoms with Gasteiger partial charge in [-0.1, -0.05) is 11.8 Å². The average molecular weight is 376 g/mol. The second-order valence-electron chi connectivity index (χ2n) is 7.52. The van der Waals surface area contributed by atoms with Gasteiger partial charge in [-0.25, -0.2) is 19.3 Å². The monoisotopic (exact) mass is 376 g/mol. The van der Waals surface area contributed by atoms with Crippen molar-refractivity contribution in [3.63, 3.8) is 0 Å². The van der Waals surface area contributed by atoms with Gasteiger partial charge >= 0.3 is 18.3 Å². The predicted octanol–water partition coefficient (Wildman–Crippen LogP) is 3.67. The smallest absolute Gasteiger partial charge is 0.465 e. The maximum absolute atomic E-state index is 11.9. The van der Waals surface area contributed by atoms with Crippen molar-refractivity contribution in [1.29, 1.82) is 0 Å². The van der Waals surface area contributed by atoms with E-state index < -0.39 is 35.3 Å². The molecule has 9 nitrogen and oxygen atoms in total. The fourth-order valence-electron chi connectivity index (χ4n) is 1.78. The van der Waals surface area contributed by atoms with Gasteiger partial charge in [-0.3, -0.25) is 0 Å². The summed E-state index contributed by atoms with van der Waals surface area (Å²) in [6.45, 7) is 11.4. The number of thioether (sulfide) groups is 1. The van der Waals surface area contributed by atoms with Gasteiger partial charge in [-0.2, -0.15) is 4.99 Å². The Balaban J connectivity index is 2.99. The van der Waals surface area contributed by atoms with E-state index in [1.54, 1.807) is 41.5 Å². The SMILES string of the molecule is CC(C)(C)OC(=O)N=C1SCC(C)(OC(=O)OC(C)(C)C)N1C(=O)O. The molecule has 1 N–H and O–H groups in total. The Kier molecular flexibility index (Phi) is 5.99. The molecule has 0 bridgehead atoms. The molecule has 142 valence electrons. The topological polar surface area (TPSA) is 115 Å². The van der Waals surface area contributed by atoms with Gasteiger partial charge in [0.15, 0.2) is 5.17 Å². The fraction of sp³-hybridized carbons (Fsp3) is 0.733. The van der Waals surface area contributed by atoms with E-state index in [0.29, 0.717) is 4.90 Å². The van der Waals surface area contributed by atoms with Crippen molar-refractivity contribution in [3.8, 4) is 0 Å². The van der Waals surface area contributed by atoms with Crippen LogP contribution in [0.3, 0.4) is 0 Å². The number of amidine groups is 1. The Bertz CT molecular complexity index is 592. The molecule has 1 heterocycles. The molecule has 0 aliphatic carbocycles. The minimum absolute atomic E-state index is 0.0557. The average Bonchev–Trinajstić information content (AvgIpc) is 2.60. The first-order chi connectivity index (χ1) is 11.1. The molecule has 0 aromatic heterocycles. The lowest BCUT2D eigenvalue weighted by atomic mass is 10.2. The zero-order valence-electron chi connectivity index (χ0n) is 15.4. The molecular formula is C15H24N2O7S. The molecule has 2 amide bonds. The van der Waals surface area contributed by atoms with Crippen LogP contribution < -0.4 is 0 Å². The van der Waals surface area contributed by atoms with E-state index in [-0.39, 0.29) is 10.9 Å². The Hall–Kier alpha value is -1.97. The van der Waals surface area contributed by atoms with Crippen LogP contribution in [-0.2, 0) is 14.2 Å². The maximum Gasteiger partial charge on any atom is 0.510 e. The zero-order valence-corrected chi connectivity index (χ0v) is 16.2. The molecule has 0 spiro atoms. The minimum atomic E-state index is -1.56. The van der Waals surface area contributed by atoms with Crippen LogP contribution in [0, 0.1) is 0 Å². The van der Waals surface area contributed by atoms with Gasteiger partial charge in [0.1, 0.15) is 11.2 Å². The van der Waals surface area contributed by atoms with Crippen molar-refractivity contribution >= 4 is 35.3 Å². The van der Waals surface area contributed by atoms with Gasteiger partial charge in [0.2, 0.25) is 5.72 Å². The zero-order chi connectivity index (χ0) is 19.6. The quantitative estimate of drug-likeness (QED) is 0.689. The lowest BCUT2D eigenvalue weighted by Crippen LogP contribution is -2.51. The van der Waals surface area contributed by atoms with Crippen LogP contribution in [0.15, 0.2) is 4.99 Å². The van der Waals surface area contributed by atoms with Crippen LogP contribution in [0.25, 0.3) is 0 Å². The number of amides is 2. The van der Waals surface area contributed by atoms with Crippen LogP contribution in [0.1, 0.15) is 48.5 Å². The van der Waals surface area contributed by atoms with Gasteiger partial charge < -0.3 is 19.3 Å². The Labute approximate surface area is 150 Å². The molecule has 0 radical (unpaired) electrons. The molecule has 0 saturated carbocycles. The molecule has 1 aliphatic heterocycles. The van der Waals surface area contributed by atoms with Crippen LogP contribution in [-0.4, -0.2) is 56.2 Å². The summed E-state index contributed by atoms with van der Waals surface area (Å²) in [4.78, 5) is 39.7. The minimum Gasteiger partial charge on any atom is -0.465 e. The summed E-state index contributed by atoms with van der Waals surface area (Å²) < 4.78 is 15.3.